The second-order valence-corrected chi connectivity index (χ2v) is 6.11. The van der Waals surface area contributed by atoms with Crippen molar-refractivity contribution in [2.45, 2.75) is 18.2 Å². The van der Waals surface area contributed by atoms with Gasteiger partial charge in [-0.25, -0.2) is 8.78 Å². The molecule has 1 aliphatic heterocycles. The molecule has 1 aromatic carbocycles. The van der Waals surface area contributed by atoms with Gasteiger partial charge in [0.15, 0.2) is 0 Å². The first-order valence-electron chi connectivity index (χ1n) is 6.13. The van der Waals surface area contributed by atoms with E-state index in [-0.39, 0.29) is 18.2 Å². The minimum absolute atomic E-state index is 0.110. The van der Waals surface area contributed by atoms with Gasteiger partial charge in [-0.15, -0.1) is 0 Å². The number of thioether (sulfide) groups is 1. The van der Waals surface area contributed by atoms with Crippen LogP contribution in [0.1, 0.15) is 18.5 Å². The predicted octanol–water partition coefficient (Wildman–Crippen LogP) is 2.40. The van der Waals surface area contributed by atoms with Crippen LogP contribution in [0.15, 0.2) is 18.2 Å². The lowest BCUT2D eigenvalue weighted by molar-refractivity contribution is 0.202. The number of halogens is 2. The van der Waals surface area contributed by atoms with E-state index in [4.69, 9.17) is 5.73 Å². The maximum absolute atomic E-state index is 13.8. The van der Waals surface area contributed by atoms with Crippen LogP contribution >= 0.6 is 11.8 Å². The normalized spacial score (nSPS) is 23.0. The van der Waals surface area contributed by atoms with Crippen molar-refractivity contribution in [3.8, 4) is 0 Å². The van der Waals surface area contributed by atoms with E-state index >= 15 is 0 Å². The van der Waals surface area contributed by atoms with Crippen LogP contribution < -0.4 is 5.73 Å². The predicted molar refractivity (Wildman–Crippen MR) is 71.6 cm³/mol. The Hall–Kier alpha value is -0.650. The number of benzene rings is 1. The molecule has 1 aromatic rings. The van der Waals surface area contributed by atoms with E-state index < -0.39 is 11.6 Å². The van der Waals surface area contributed by atoms with E-state index in [2.05, 4.69) is 11.8 Å². The quantitative estimate of drug-likeness (QED) is 0.916. The second kappa shape index (κ2) is 5.99. The third-order valence-electron chi connectivity index (χ3n) is 3.27. The molecule has 2 unspecified atom stereocenters. The lowest BCUT2D eigenvalue weighted by atomic mass is 10.0. The van der Waals surface area contributed by atoms with Gasteiger partial charge in [0, 0.05) is 36.2 Å². The summed E-state index contributed by atoms with van der Waals surface area (Å²) < 4.78 is 27.6. The maximum atomic E-state index is 13.8. The minimum Gasteiger partial charge on any atom is -0.329 e. The molecule has 0 aliphatic carbocycles. The summed E-state index contributed by atoms with van der Waals surface area (Å²) in [6, 6.07) is 3.61. The molecule has 2 atom stereocenters. The first kappa shape index (κ1) is 13.8. The molecule has 0 aromatic heterocycles. The molecule has 1 aliphatic rings. The fourth-order valence-corrected chi connectivity index (χ4v) is 3.45. The average molecular weight is 272 g/mol. The molecule has 5 heteroatoms. The third-order valence-corrected chi connectivity index (χ3v) is 4.41. The Morgan fingerprint density at radius 2 is 2.11 bits per heavy atom. The van der Waals surface area contributed by atoms with Crippen LogP contribution in [0, 0.1) is 11.6 Å². The molecule has 0 saturated carbocycles. The van der Waals surface area contributed by atoms with Gasteiger partial charge in [-0.2, -0.15) is 11.8 Å². The van der Waals surface area contributed by atoms with Crippen molar-refractivity contribution in [1.82, 2.24) is 4.90 Å². The number of nitrogens with zero attached hydrogens (tertiary/aromatic N) is 1. The zero-order valence-corrected chi connectivity index (χ0v) is 11.2. The van der Waals surface area contributed by atoms with E-state index in [0.29, 0.717) is 5.25 Å². The van der Waals surface area contributed by atoms with Crippen LogP contribution in [-0.4, -0.2) is 35.5 Å². The van der Waals surface area contributed by atoms with E-state index in [1.807, 2.05) is 11.8 Å². The Labute approximate surface area is 111 Å². The van der Waals surface area contributed by atoms with Gasteiger partial charge in [-0.05, 0) is 12.1 Å². The highest BCUT2D eigenvalue weighted by molar-refractivity contribution is 7.99. The van der Waals surface area contributed by atoms with Crippen LogP contribution in [0.5, 0.6) is 0 Å². The molecule has 1 heterocycles. The SMILES string of the molecule is CC1CN(C(CN)c2c(F)cccc2F)CCS1. The Morgan fingerprint density at radius 1 is 1.44 bits per heavy atom. The largest absolute Gasteiger partial charge is 0.329 e. The summed E-state index contributed by atoms with van der Waals surface area (Å²) in [5, 5.41) is 0.475. The Kier molecular flexibility index (Phi) is 4.59. The van der Waals surface area contributed by atoms with Gasteiger partial charge < -0.3 is 5.73 Å². The molecule has 0 spiro atoms. The monoisotopic (exact) mass is 272 g/mol. The van der Waals surface area contributed by atoms with Crippen LogP contribution in [0.25, 0.3) is 0 Å². The Morgan fingerprint density at radius 3 is 2.67 bits per heavy atom. The standard InChI is InChI=1S/C13H18F2N2S/c1-9-8-17(5-6-18-9)12(7-16)13-10(14)3-2-4-11(13)15/h2-4,9,12H,5-8,16H2,1H3. The van der Waals surface area contributed by atoms with Gasteiger partial charge in [-0.1, -0.05) is 13.0 Å². The maximum Gasteiger partial charge on any atom is 0.130 e. The summed E-state index contributed by atoms with van der Waals surface area (Å²) in [4.78, 5) is 2.09. The van der Waals surface area contributed by atoms with Crippen molar-refractivity contribution in [2.75, 3.05) is 25.4 Å². The molecule has 2 nitrogen and oxygen atoms in total. The number of hydrogen-bond acceptors (Lipinski definition) is 3. The second-order valence-electron chi connectivity index (χ2n) is 4.56. The highest BCUT2D eigenvalue weighted by atomic mass is 32.2. The topological polar surface area (TPSA) is 29.3 Å². The van der Waals surface area contributed by atoms with Crippen molar-refractivity contribution < 1.29 is 8.78 Å². The molecule has 18 heavy (non-hydrogen) atoms. The minimum atomic E-state index is -0.503. The molecule has 100 valence electrons. The van der Waals surface area contributed by atoms with Crippen LogP contribution in [-0.2, 0) is 0 Å². The van der Waals surface area contributed by atoms with Gasteiger partial charge in [-0.3, -0.25) is 4.90 Å². The van der Waals surface area contributed by atoms with Crippen molar-refractivity contribution in [3.05, 3.63) is 35.4 Å². The van der Waals surface area contributed by atoms with Gasteiger partial charge in [0.1, 0.15) is 11.6 Å². The van der Waals surface area contributed by atoms with Gasteiger partial charge in [0.05, 0.1) is 6.04 Å². The third kappa shape index (κ3) is 2.84. The summed E-state index contributed by atoms with van der Waals surface area (Å²) in [5.41, 5.74) is 5.85. The molecular weight excluding hydrogens is 254 g/mol. The van der Waals surface area contributed by atoms with Crippen molar-refractivity contribution >= 4 is 11.8 Å². The molecule has 2 rings (SSSR count). The molecule has 2 N–H and O–H groups in total. The summed E-state index contributed by atoms with van der Waals surface area (Å²) in [6.45, 7) is 4.00. The fraction of sp³-hybridized carbons (Fsp3) is 0.538. The average Bonchev–Trinajstić information content (AvgIpc) is 2.34. The fourth-order valence-electron chi connectivity index (χ4n) is 2.41. The molecule has 1 fully saturated rings. The molecular formula is C13H18F2N2S. The number of rotatable bonds is 3. The first-order valence-corrected chi connectivity index (χ1v) is 7.18. The van der Waals surface area contributed by atoms with Crippen molar-refractivity contribution in [2.24, 2.45) is 5.73 Å². The van der Waals surface area contributed by atoms with Crippen molar-refractivity contribution in [3.63, 3.8) is 0 Å². The Balaban J connectivity index is 2.27. The van der Waals surface area contributed by atoms with E-state index in [0.717, 1.165) is 18.8 Å². The summed E-state index contributed by atoms with van der Waals surface area (Å²) in [6.07, 6.45) is 0. The zero-order valence-electron chi connectivity index (χ0n) is 10.4. The van der Waals surface area contributed by atoms with Crippen LogP contribution in [0.4, 0.5) is 8.78 Å². The van der Waals surface area contributed by atoms with E-state index in [9.17, 15) is 8.78 Å². The first-order chi connectivity index (χ1) is 8.63. The summed E-state index contributed by atoms with van der Waals surface area (Å²) in [5.74, 6) is -0.0269. The lowest BCUT2D eigenvalue weighted by Gasteiger charge is -2.36. The van der Waals surface area contributed by atoms with Crippen LogP contribution in [0.3, 0.4) is 0 Å². The molecule has 0 amide bonds. The zero-order chi connectivity index (χ0) is 13.1. The highest BCUT2D eigenvalue weighted by Gasteiger charge is 2.28. The molecule has 1 saturated heterocycles. The number of nitrogens with two attached hydrogens (primary N) is 1. The Bertz CT molecular complexity index is 394. The van der Waals surface area contributed by atoms with Gasteiger partial charge in [0.25, 0.3) is 0 Å². The summed E-state index contributed by atoms with van der Waals surface area (Å²) >= 11 is 1.88. The van der Waals surface area contributed by atoms with E-state index in [1.54, 1.807) is 0 Å². The van der Waals surface area contributed by atoms with Crippen LogP contribution in [0.2, 0.25) is 0 Å². The molecule has 0 bridgehead atoms. The smallest absolute Gasteiger partial charge is 0.130 e. The lowest BCUT2D eigenvalue weighted by Crippen LogP contribution is -2.42. The summed E-state index contributed by atoms with van der Waals surface area (Å²) in [7, 11) is 0. The number of hydrogen-bond donors (Lipinski definition) is 1. The highest BCUT2D eigenvalue weighted by Crippen LogP contribution is 2.29. The molecule has 0 radical (unpaired) electrons. The van der Waals surface area contributed by atoms with Gasteiger partial charge in [0.2, 0.25) is 0 Å². The van der Waals surface area contributed by atoms with Crippen molar-refractivity contribution in [1.29, 1.82) is 0 Å². The van der Waals surface area contributed by atoms with Gasteiger partial charge >= 0.3 is 0 Å². The van der Waals surface area contributed by atoms with E-state index in [1.165, 1.54) is 18.2 Å².